The maximum Gasteiger partial charge on any atom is 0.305 e. The molecule has 0 unspecified atom stereocenters. The lowest BCUT2D eigenvalue weighted by molar-refractivity contribution is -0.387. The van der Waals surface area contributed by atoms with Gasteiger partial charge in [-0.15, -0.1) is 0 Å². The summed E-state index contributed by atoms with van der Waals surface area (Å²) in [7, 11) is 5.29. The van der Waals surface area contributed by atoms with Crippen LogP contribution in [0, 0.1) is 15.9 Å². The number of benzene rings is 1. The molecule has 0 radical (unpaired) electrons. The highest BCUT2D eigenvalue weighted by molar-refractivity contribution is 5.76. The fraction of sp³-hybridized carbons (Fsp3) is 0.562. The van der Waals surface area contributed by atoms with Gasteiger partial charge in [-0.3, -0.25) is 14.9 Å². The summed E-state index contributed by atoms with van der Waals surface area (Å²) in [6.07, 6.45) is 3.06. The smallest absolute Gasteiger partial charge is 0.303 e. The molecule has 0 heterocycles. The van der Waals surface area contributed by atoms with Crippen molar-refractivity contribution in [2.45, 2.75) is 40.5 Å². The fourth-order valence-electron chi connectivity index (χ4n) is 0.743. The first-order valence-electron chi connectivity index (χ1n) is 7.44. The highest BCUT2D eigenvalue weighted by Crippen LogP contribution is 2.17. The Morgan fingerprint density at radius 2 is 1.70 bits per heavy atom. The number of nitro groups is 1. The van der Waals surface area contributed by atoms with Crippen LogP contribution < -0.4 is 0 Å². The van der Waals surface area contributed by atoms with E-state index in [1.165, 1.54) is 18.9 Å². The topological polar surface area (TPSA) is 72.7 Å². The van der Waals surface area contributed by atoms with Crippen molar-refractivity contribution in [2.24, 2.45) is 0 Å². The third kappa shape index (κ3) is 16.3. The Labute approximate surface area is 138 Å². The lowest BCUT2D eigenvalue weighted by Gasteiger charge is -2.01. The average molecular weight is 332 g/mol. The van der Waals surface area contributed by atoms with E-state index in [0.29, 0.717) is 6.29 Å². The molecule has 0 saturated heterocycles. The molecule has 0 aromatic heterocycles. The quantitative estimate of drug-likeness (QED) is 0.461. The van der Waals surface area contributed by atoms with E-state index in [4.69, 9.17) is 0 Å². The van der Waals surface area contributed by atoms with Crippen molar-refractivity contribution < 1.29 is 18.9 Å². The maximum absolute atomic E-state index is 12.6. The number of rotatable bonds is 4. The summed E-state index contributed by atoms with van der Waals surface area (Å²) in [6, 6.07) is 2.96. The number of hydrogen-bond acceptors (Lipinski definition) is 5. The number of aldehydes is 1. The van der Waals surface area contributed by atoms with Crippen LogP contribution in [-0.4, -0.2) is 37.5 Å². The minimum atomic E-state index is -0.939. The Balaban J connectivity index is -0.000000304. The predicted molar refractivity (Wildman–Crippen MR) is 91.1 cm³/mol. The first-order valence-corrected chi connectivity index (χ1v) is 7.44. The Bertz CT molecular complexity index is 425. The lowest BCUT2D eigenvalue weighted by atomic mass is 10.2. The second kappa shape index (κ2) is 18.2. The average Bonchev–Trinajstić information content (AvgIpc) is 2.57. The van der Waals surface area contributed by atoms with Crippen LogP contribution in [0.1, 0.15) is 50.9 Å². The van der Waals surface area contributed by atoms with Crippen LogP contribution in [0.2, 0.25) is 0 Å². The second-order valence-electron chi connectivity index (χ2n) is 4.08. The first kappa shape index (κ1) is 26.1. The zero-order valence-corrected chi connectivity index (χ0v) is 15.1. The van der Waals surface area contributed by atoms with Gasteiger partial charge in [0.2, 0.25) is 5.82 Å². The number of carbonyl (C=O) groups excluding carboxylic acids is 1. The molecule has 0 atom stereocenters. The molecule has 7 heteroatoms. The molecule has 0 bridgehead atoms. The minimum Gasteiger partial charge on any atom is -0.303 e. The Morgan fingerprint density at radius 1 is 1.26 bits per heavy atom. The molecule has 134 valence electrons. The van der Waals surface area contributed by atoms with Crippen LogP contribution >= 0.6 is 0 Å². The van der Waals surface area contributed by atoms with E-state index in [1.54, 1.807) is 12.2 Å². The van der Waals surface area contributed by atoms with Gasteiger partial charge in [0.25, 0.3) is 0 Å². The lowest BCUT2D eigenvalue weighted by Crippen LogP contribution is -2.07. The van der Waals surface area contributed by atoms with Crippen molar-refractivity contribution in [1.82, 2.24) is 5.06 Å². The van der Waals surface area contributed by atoms with Crippen molar-refractivity contribution in [3.8, 4) is 0 Å². The van der Waals surface area contributed by atoms with Crippen molar-refractivity contribution in [1.29, 1.82) is 0 Å². The second-order valence-corrected chi connectivity index (χ2v) is 4.08. The molecule has 0 aliphatic heterocycles. The maximum atomic E-state index is 12.6. The van der Waals surface area contributed by atoms with Gasteiger partial charge in [0.15, 0.2) is 0 Å². The van der Waals surface area contributed by atoms with Crippen LogP contribution in [0.3, 0.4) is 0 Å². The molecule has 1 aromatic rings. The van der Waals surface area contributed by atoms with Crippen molar-refractivity contribution in [3.63, 3.8) is 0 Å². The Hall–Kier alpha value is -1.86. The van der Waals surface area contributed by atoms with E-state index < -0.39 is 16.4 Å². The molecule has 0 amide bonds. The van der Waals surface area contributed by atoms with Gasteiger partial charge in [0.05, 0.1) is 12.0 Å². The minimum absolute atomic E-state index is 0.0862. The molecular weight excluding hydrogens is 303 g/mol. The zero-order chi connectivity index (χ0) is 18.8. The number of carbonyl (C=O) groups is 1. The van der Waals surface area contributed by atoms with Gasteiger partial charge in [-0.05, 0) is 12.1 Å². The fourth-order valence-corrected chi connectivity index (χ4v) is 0.743. The molecule has 0 spiro atoms. The van der Waals surface area contributed by atoms with Crippen molar-refractivity contribution >= 4 is 12.0 Å². The van der Waals surface area contributed by atoms with Crippen LogP contribution in [0.25, 0.3) is 0 Å². The van der Waals surface area contributed by atoms with Crippen LogP contribution in [0.5, 0.6) is 0 Å². The highest BCUT2D eigenvalue weighted by atomic mass is 19.1. The van der Waals surface area contributed by atoms with Gasteiger partial charge < -0.3 is 4.84 Å². The van der Waals surface area contributed by atoms with E-state index in [2.05, 4.69) is 18.7 Å². The molecule has 6 nitrogen and oxygen atoms in total. The summed E-state index contributed by atoms with van der Waals surface area (Å²) in [5.74, 6) is -0.939. The molecule has 0 aliphatic carbocycles. The molecule has 0 N–H and O–H groups in total. The largest absolute Gasteiger partial charge is 0.305 e. The van der Waals surface area contributed by atoms with E-state index in [1.807, 2.05) is 27.9 Å². The monoisotopic (exact) mass is 332 g/mol. The van der Waals surface area contributed by atoms with Gasteiger partial charge >= 0.3 is 5.69 Å². The van der Waals surface area contributed by atoms with Gasteiger partial charge in [-0.25, -0.2) is 0 Å². The normalized spacial score (nSPS) is 8.57. The Morgan fingerprint density at radius 3 is 1.96 bits per heavy atom. The molecule has 0 saturated carbocycles. The third-order valence-corrected chi connectivity index (χ3v) is 2.17. The summed E-state index contributed by atoms with van der Waals surface area (Å²) < 4.78 is 12.6. The van der Waals surface area contributed by atoms with Crippen molar-refractivity contribution in [3.05, 3.63) is 39.7 Å². The van der Waals surface area contributed by atoms with Crippen LogP contribution in [0.4, 0.5) is 10.1 Å². The van der Waals surface area contributed by atoms with Gasteiger partial charge in [0.1, 0.15) is 6.29 Å². The number of unbranched alkanes of at least 4 members (excludes halogenated alkanes) is 1. The van der Waals surface area contributed by atoms with Gasteiger partial charge in [0, 0.05) is 25.7 Å². The molecule has 1 aromatic carbocycles. The van der Waals surface area contributed by atoms with Crippen LogP contribution in [0.15, 0.2) is 18.2 Å². The summed E-state index contributed by atoms with van der Waals surface area (Å²) in [4.78, 5) is 24.0. The van der Waals surface area contributed by atoms with E-state index >= 15 is 0 Å². The number of nitrogens with zero attached hydrogens (tertiary/aromatic N) is 2. The van der Waals surface area contributed by atoms with Gasteiger partial charge in [-0.1, -0.05) is 40.5 Å². The highest BCUT2D eigenvalue weighted by Gasteiger charge is 2.13. The first-order chi connectivity index (χ1) is 10.8. The third-order valence-electron chi connectivity index (χ3n) is 2.17. The summed E-state index contributed by atoms with van der Waals surface area (Å²) in [5.41, 5.74) is -0.595. The summed E-state index contributed by atoms with van der Waals surface area (Å²) in [5, 5.41) is 11.8. The number of halogens is 1. The SMILES string of the molecule is CC.CCCC.CON(C)C.O=Cc1ccc(F)c([N+](=O)[O-])c1. The van der Waals surface area contributed by atoms with Crippen molar-refractivity contribution in [2.75, 3.05) is 21.2 Å². The zero-order valence-electron chi connectivity index (χ0n) is 15.1. The molecule has 23 heavy (non-hydrogen) atoms. The summed E-state index contributed by atoms with van der Waals surface area (Å²) in [6.45, 7) is 8.36. The van der Waals surface area contributed by atoms with E-state index in [0.717, 1.165) is 12.1 Å². The van der Waals surface area contributed by atoms with Gasteiger partial charge in [-0.2, -0.15) is 9.45 Å². The number of hydroxylamine groups is 2. The predicted octanol–water partition coefficient (Wildman–Crippen LogP) is 4.49. The number of hydrogen-bond donors (Lipinski definition) is 0. The molecule has 0 aliphatic rings. The summed E-state index contributed by atoms with van der Waals surface area (Å²) >= 11 is 0. The molecule has 1 rings (SSSR count). The molecule has 0 fully saturated rings. The van der Waals surface area contributed by atoms with E-state index in [9.17, 15) is 19.3 Å². The Kier molecular flexibility index (Phi) is 20.6. The number of nitro benzene ring substituents is 1. The van der Waals surface area contributed by atoms with E-state index in [-0.39, 0.29) is 5.56 Å². The van der Waals surface area contributed by atoms with Crippen LogP contribution in [-0.2, 0) is 4.84 Å². The standard InChI is InChI=1S/C7H4FNO3.C4H10.C3H9NO.C2H6/c8-6-2-1-5(4-10)3-7(6)9(11)12;1-3-4-2;1-4(2)5-3;1-2/h1-4H;3-4H2,1-2H3;1-3H3;1-2H3. The molecular formula is C16H29FN2O4.